The fourth-order valence-electron chi connectivity index (χ4n) is 3.26. The van der Waals surface area contributed by atoms with Crippen LogP contribution in [0.25, 0.3) is 21.6 Å². The van der Waals surface area contributed by atoms with Crippen molar-refractivity contribution < 1.29 is 18.0 Å². The molecule has 1 aliphatic heterocycles. The van der Waals surface area contributed by atoms with Crippen molar-refractivity contribution in [2.75, 3.05) is 18.0 Å². The van der Waals surface area contributed by atoms with Gasteiger partial charge in [-0.15, -0.1) is 11.3 Å². The number of hydrogen-bond donors (Lipinski definition) is 1. The summed E-state index contributed by atoms with van der Waals surface area (Å²) in [5, 5.41) is 1.97. The van der Waals surface area contributed by atoms with E-state index in [1.54, 1.807) is 22.7 Å². The van der Waals surface area contributed by atoms with Crippen LogP contribution < -0.4 is 10.2 Å². The van der Waals surface area contributed by atoms with Crippen molar-refractivity contribution in [1.29, 1.82) is 0 Å². The van der Waals surface area contributed by atoms with Gasteiger partial charge in [0.2, 0.25) is 5.91 Å². The Morgan fingerprint density at radius 3 is 2.96 bits per heavy atom. The average Bonchev–Trinajstić information content (AvgIpc) is 3.34. The van der Waals surface area contributed by atoms with Gasteiger partial charge in [-0.25, -0.2) is 15.0 Å². The fraction of sp³-hybridized carbons (Fsp3) is 0.333. The molecule has 0 unspecified atom stereocenters. The summed E-state index contributed by atoms with van der Waals surface area (Å²) >= 11 is 1.52. The summed E-state index contributed by atoms with van der Waals surface area (Å²) < 4.78 is 38.2. The van der Waals surface area contributed by atoms with Crippen LogP contribution in [0.4, 0.5) is 19.0 Å². The number of aromatic nitrogens is 3. The van der Waals surface area contributed by atoms with Gasteiger partial charge in [-0.3, -0.25) is 4.79 Å². The van der Waals surface area contributed by atoms with Gasteiger partial charge in [0.25, 0.3) is 0 Å². The van der Waals surface area contributed by atoms with E-state index in [4.69, 9.17) is 0 Å². The zero-order chi connectivity index (χ0) is 19.7. The van der Waals surface area contributed by atoms with Gasteiger partial charge in [-0.2, -0.15) is 13.2 Å². The van der Waals surface area contributed by atoms with E-state index in [1.165, 1.54) is 11.3 Å². The van der Waals surface area contributed by atoms with Crippen LogP contribution in [-0.4, -0.2) is 46.2 Å². The van der Waals surface area contributed by atoms with E-state index in [2.05, 4.69) is 15.0 Å². The van der Waals surface area contributed by atoms with Gasteiger partial charge < -0.3 is 10.2 Å². The molecular formula is C18H16F3N5OS. The topological polar surface area (TPSA) is 71.0 Å². The SMILES string of the molecule is O=C(NCC(F)(F)F)[C@H]1CCCN1c1ccnc(-c2ccc3ncsc3c2)n1. The first-order chi connectivity index (χ1) is 13.4. The highest BCUT2D eigenvalue weighted by atomic mass is 32.1. The number of fused-ring (bicyclic) bond motifs is 1. The minimum atomic E-state index is -4.43. The van der Waals surface area contributed by atoms with Gasteiger partial charge in [0.1, 0.15) is 18.4 Å². The summed E-state index contributed by atoms with van der Waals surface area (Å²) in [6.07, 6.45) is -1.65. The molecule has 0 spiro atoms. The number of alkyl halides is 3. The van der Waals surface area contributed by atoms with E-state index in [-0.39, 0.29) is 0 Å². The summed E-state index contributed by atoms with van der Waals surface area (Å²) in [6, 6.07) is 6.71. The summed E-state index contributed by atoms with van der Waals surface area (Å²) in [5.41, 5.74) is 3.47. The maximum Gasteiger partial charge on any atom is 0.405 e. The number of carbonyl (C=O) groups excluding carboxylic acids is 1. The maximum atomic E-state index is 12.4. The van der Waals surface area contributed by atoms with Crippen LogP contribution in [0.2, 0.25) is 0 Å². The van der Waals surface area contributed by atoms with E-state index >= 15 is 0 Å². The molecule has 2 aromatic heterocycles. The molecule has 0 bridgehead atoms. The quantitative estimate of drug-likeness (QED) is 0.718. The Morgan fingerprint density at radius 2 is 2.14 bits per heavy atom. The van der Waals surface area contributed by atoms with Crippen LogP contribution in [0.15, 0.2) is 36.0 Å². The first-order valence-electron chi connectivity index (χ1n) is 8.68. The first-order valence-corrected chi connectivity index (χ1v) is 9.56. The number of hydrogen-bond acceptors (Lipinski definition) is 6. The third-order valence-corrected chi connectivity index (χ3v) is 5.33. The number of anilines is 1. The van der Waals surface area contributed by atoms with Crippen molar-refractivity contribution in [3.63, 3.8) is 0 Å². The standard InChI is InChI=1S/C18H16F3N5OS/c19-18(20,21)9-23-17(27)13-2-1-7-26(13)15-5-6-22-16(25-15)11-3-4-12-14(8-11)28-10-24-12/h3-6,8,10,13H,1-2,7,9H2,(H,23,27)/t13-/m1/s1. The van der Waals surface area contributed by atoms with Crippen LogP contribution in [0, 0.1) is 0 Å². The number of nitrogens with zero attached hydrogens (tertiary/aromatic N) is 4. The number of rotatable bonds is 4. The number of thiazole rings is 1. The second-order valence-corrected chi connectivity index (χ2v) is 7.34. The van der Waals surface area contributed by atoms with Gasteiger partial charge in [-0.1, -0.05) is 0 Å². The first kappa shape index (κ1) is 18.6. The van der Waals surface area contributed by atoms with Crippen molar-refractivity contribution in [1.82, 2.24) is 20.3 Å². The number of halogens is 3. The molecule has 0 radical (unpaired) electrons. The van der Waals surface area contributed by atoms with Gasteiger partial charge in [0, 0.05) is 18.3 Å². The molecule has 28 heavy (non-hydrogen) atoms. The Bertz CT molecular complexity index is 1010. The third kappa shape index (κ3) is 3.91. The molecular weight excluding hydrogens is 391 g/mol. The van der Waals surface area contributed by atoms with Crippen LogP contribution in [0.1, 0.15) is 12.8 Å². The lowest BCUT2D eigenvalue weighted by molar-refractivity contribution is -0.139. The second-order valence-electron chi connectivity index (χ2n) is 6.46. The van der Waals surface area contributed by atoms with E-state index in [1.807, 2.05) is 23.5 Å². The fourth-order valence-corrected chi connectivity index (χ4v) is 3.98. The normalized spacial score (nSPS) is 17.2. The van der Waals surface area contributed by atoms with Gasteiger partial charge in [0.15, 0.2) is 5.82 Å². The number of carbonyl (C=O) groups is 1. The highest BCUT2D eigenvalue weighted by Crippen LogP contribution is 2.28. The molecule has 1 saturated heterocycles. The van der Waals surface area contributed by atoms with Crippen LogP contribution in [-0.2, 0) is 4.79 Å². The third-order valence-electron chi connectivity index (χ3n) is 4.54. The van der Waals surface area contributed by atoms with Crippen molar-refractivity contribution in [2.24, 2.45) is 0 Å². The van der Waals surface area contributed by atoms with E-state index in [0.717, 1.165) is 15.8 Å². The van der Waals surface area contributed by atoms with E-state index in [9.17, 15) is 18.0 Å². The molecule has 0 saturated carbocycles. The second kappa shape index (κ2) is 7.34. The molecule has 3 aromatic rings. The van der Waals surface area contributed by atoms with Gasteiger partial charge >= 0.3 is 6.18 Å². The minimum Gasteiger partial charge on any atom is -0.345 e. The van der Waals surface area contributed by atoms with Crippen LogP contribution >= 0.6 is 11.3 Å². The Morgan fingerprint density at radius 1 is 1.29 bits per heavy atom. The van der Waals surface area contributed by atoms with Gasteiger partial charge in [-0.05, 0) is 37.1 Å². The molecule has 4 rings (SSSR count). The van der Waals surface area contributed by atoms with Gasteiger partial charge in [0.05, 0.1) is 15.7 Å². The molecule has 1 aliphatic rings. The predicted molar refractivity (Wildman–Crippen MR) is 100 cm³/mol. The van der Waals surface area contributed by atoms with E-state index < -0.39 is 24.7 Å². The van der Waals surface area contributed by atoms with Crippen molar-refractivity contribution in [3.8, 4) is 11.4 Å². The minimum absolute atomic E-state index is 0.482. The largest absolute Gasteiger partial charge is 0.405 e. The Labute approximate surface area is 162 Å². The lowest BCUT2D eigenvalue weighted by atomic mass is 10.2. The molecule has 1 atom stereocenters. The maximum absolute atomic E-state index is 12.4. The highest BCUT2D eigenvalue weighted by Gasteiger charge is 2.34. The number of amides is 1. The molecule has 1 aromatic carbocycles. The molecule has 1 amide bonds. The number of benzene rings is 1. The Balaban J connectivity index is 1.56. The number of nitrogens with one attached hydrogen (secondary N) is 1. The van der Waals surface area contributed by atoms with Crippen molar-refractivity contribution >= 4 is 33.3 Å². The smallest absolute Gasteiger partial charge is 0.345 e. The lowest BCUT2D eigenvalue weighted by Crippen LogP contribution is -2.46. The molecule has 6 nitrogen and oxygen atoms in total. The molecule has 0 aliphatic carbocycles. The predicted octanol–water partition coefficient (Wildman–Crippen LogP) is 3.40. The average molecular weight is 407 g/mol. The molecule has 1 fully saturated rings. The van der Waals surface area contributed by atoms with Crippen LogP contribution in [0.5, 0.6) is 0 Å². The highest BCUT2D eigenvalue weighted by molar-refractivity contribution is 7.16. The summed E-state index contributed by atoms with van der Waals surface area (Å²) in [5.74, 6) is 0.384. The lowest BCUT2D eigenvalue weighted by Gasteiger charge is -2.25. The zero-order valence-electron chi connectivity index (χ0n) is 14.6. The Kier molecular flexibility index (Phi) is 4.88. The summed E-state index contributed by atoms with van der Waals surface area (Å²) in [7, 11) is 0. The Hall–Kier alpha value is -2.75. The summed E-state index contributed by atoms with van der Waals surface area (Å²) in [4.78, 5) is 27.1. The summed E-state index contributed by atoms with van der Waals surface area (Å²) in [6.45, 7) is -0.783. The van der Waals surface area contributed by atoms with Crippen molar-refractivity contribution in [2.45, 2.75) is 25.1 Å². The molecule has 146 valence electrons. The monoisotopic (exact) mass is 407 g/mol. The molecule has 1 N–H and O–H groups in total. The van der Waals surface area contributed by atoms with Crippen molar-refractivity contribution in [3.05, 3.63) is 36.0 Å². The molecule has 10 heteroatoms. The van der Waals surface area contributed by atoms with Crippen LogP contribution in [0.3, 0.4) is 0 Å². The molecule has 3 heterocycles. The van der Waals surface area contributed by atoms with E-state index in [0.29, 0.717) is 31.0 Å². The zero-order valence-corrected chi connectivity index (χ0v) is 15.4.